The van der Waals surface area contributed by atoms with Gasteiger partial charge in [0, 0.05) is 17.6 Å². The van der Waals surface area contributed by atoms with Crippen LogP contribution in [0.1, 0.15) is 50.9 Å². The van der Waals surface area contributed by atoms with Gasteiger partial charge >= 0.3 is 5.97 Å². The van der Waals surface area contributed by atoms with Crippen molar-refractivity contribution in [3.63, 3.8) is 0 Å². The molecule has 1 rings (SSSR count). The van der Waals surface area contributed by atoms with Gasteiger partial charge in [-0.25, -0.2) is 4.79 Å². The van der Waals surface area contributed by atoms with Gasteiger partial charge < -0.3 is 24.8 Å². The summed E-state index contributed by atoms with van der Waals surface area (Å²) in [6.07, 6.45) is 0.0974. The first-order valence-electron chi connectivity index (χ1n) is 8.30. The molecule has 144 valence electrons. The lowest BCUT2D eigenvalue weighted by Crippen LogP contribution is -2.34. The van der Waals surface area contributed by atoms with Crippen LogP contribution in [0.4, 0.5) is 0 Å². The van der Waals surface area contributed by atoms with Gasteiger partial charge in [-0.05, 0) is 39.3 Å². The number of ether oxygens (including phenoxy) is 2. The fourth-order valence-electron chi connectivity index (χ4n) is 2.12. The second-order valence-electron chi connectivity index (χ2n) is 6.46. The number of esters is 1. The number of hydrogen-bond donors (Lipinski definition) is 3. The molecule has 2 atom stereocenters. The maximum Gasteiger partial charge on any atom is 0.333 e. The monoisotopic (exact) mass is 366 g/mol. The number of carbonyl (C=O) groups excluding carboxylic acids is 2. The first kappa shape index (κ1) is 21.5. The number of phenolic OH excluding ortho intramolecular Hbond substituents is 3. The van der Waals surface area contributed by atoms with Crippen LogP contribution in [0.15, 0.2) is 24.3 Å². The highest BCUT2D eigenvalue weighted by Crippen LogP contribution is 2.35. The third-order valence-electron chi connectivity index (χ3n) is 4.16. The molecule has 0 heterocycles. The predicted octanol–water partition coefficient (Wildman–Crippen LogP) is 3.07. The zero-order valence-corrected chi connectivity index (χ0v) is 15.5. The van der Waals surface area contributed by atoms with Gasteiger partial charge in [-0.2, -0.15) is 0 Å². The van der Waals surface area contributed by atoms with Crippen LogP contribution in [0.5, 0.6) is 17.2 Å². The molecule has 7 nitrogen and oxygen atoms in total. The van der Waals surface area contributed by atoms with Gasteiger partial charge in [0.05, 0.1) is 6.61 Å². The second kappa shape index (κ2) is 8.71. The van der Waals surface area contributed by atoms with Gasteiger partial charge in [-0.15, -0.1) is 0 Å². The molecule has 0 bridgehead atoms. The minimum Gasteiger partial charge on any atom is -0.504 e. The highest BCUT2D eigenvalue weighted by molar-refractivity contribution is 6.00. The Hall–Kier alpha value is -2.54. The van der Waals surface area contributed by atoms with Crippen LogP contribution in [0, 0.1) is 0 Å². The summed E-state index contributed by atoms with van der Waals surface area (Å²) in [5, 5.41) is 28.3. The average Bonchev–Trinajstić information content (AvgIpc) is 2.58. The van der Waals surface area contributed by atoms with Crippen molar-refractivity contribution in [2.75, 3.05) is 6.61 Å². The van der Waals surface area contributed by atoms with E-state index >= 15 is 0 Å². The minimum absolute atomic E-state index is 0.0114. The summed E-state index contributed by atoms with van der Waals surface area (Å²) in [5.74, 6) is -2.81. The van der Waals surface area contributed by atoms with Gasteiger partial charge in [0.1, 0.15) is 11.7 Å². The number of benzene rings is 1. The Balaban J connectivity index is 2.67. The zero-order valence-electron chi connectivity index (χ0n) is 15.5. The predicted molar refractivity (Wildman–Crippen MR) is 95.4 cm³/mol. The van der Waals surface area contributed by atoms with Crippen molar-refractivity contribution in [3.05, 3.63) is 29.8 Å². The van der Waals surface area contributed by atoms with Crippen LogP contribution in [0.3, 0.4) is 0 Å². The lowest BCUT2D eigenvalue weighted by atomic mass is 9.99. The summed E-state index contributed by atoms with van der Waals surface area (Å²) in [4.78, 5) is 24.0. The SMILES string of the molecule is C=C(C)C(=O)OC(C)(CC)CCOC(C)C(=O)c1cc(O)c(O)c(O)c1. The van der Waals surface area contributed by atoms with Crippen LogP contribution in [-0.2, 0) is 14.3 Å². The molecule has 0 aliphatic rings. The minimum atomic E-state index is -0.851. The lowest BCUT2D eigenvalue weighted by Gasteiger charge is -2.29. The van der Waals surface area contributed by atoms with E-state index in [2.05, 4.69) is 6.58 Å². The molecule has 0 spiro atoms. The molecule has 1 aromatic rings. The molecule has 0 fully saturated rings. The van der Waals surface area contributed by atoms with Crippen molar-refractivity contribution in [2.24, 2.45) is 0 Å². The van der Waals surface area contributed by atoms with Gasteiger partial charge in [-0.1, -0.05) is 13.5 Å². The molecule has 0 saturated carbocycles. The summed E-state index contributed by atoms with van der Waals surface area (Å²) >= 11 is 0. The highest BCUT2D eigenvalue weighted by atomic mass is 16.6. The Morgan fingerprint density at radius 3 is 2.23 bits per heavy atom. The molecule has 0 saturated heterocycles. The van der Waals surface area contributed by atoms with E-state index in [1.54, 1.807) is 13.8 Å². The van der Waals surface area contributed by atoms with Crippen LogP contribution in [0.2, 0.25) is 0 Å². The number of ketones is 1. The van der Waals surface area contributed by atoms with Crippen molar-refractivity contribution >= 4 is 11.8 Å². The number of carbonyl (C=O) groups is 2. The van der Waals surface area contributed by atoms with Crippen LogP contribution in [-0.4, -0.2) is 45.4 Å². The fourth-order valence-corrected chi connectivity index (χ4v) is 2.12. The molecular formula is C19H26O7. The fraction of sp³-hybridized carbons (Fsp3) is 0.474. The van der Waals surface area contributed by atoms with Gasteiger partial charge in [0.15, 0.2) is 23.0 Å². The van der Waals surface area contributed by atoms with E-state index in [1.807, 2.05) is 6.92 Å². The van der Waals surface area contributed by atoms with Gasteiger partial charge in [0.2, 0.25) is 0 Å². The Labute approximate surface area is 152 Å². The summed E-state index contributed by atoms with van der Waals surface area (Å²) < 4.78 is 10.9. The number of hydrogen-bond acceptors (Lipinski definition) is 7. The molecule has 0 aromatic heterocycles. The number of rotatable bonds is 9. The summed E-state index contributed by atoms with van der Waals surface area (Å²) in [5.41, 5.74) is -0.424. The molecule has 26 heavy (non-hydrogen) atoms. The molecule has 0 radical (unpaired) electrons. The van der Waals surface area contributed by atoms with E-state index in [0.717, 1.165) is 12.1 Å². The first-order chi connectivity index (χ1) is 12.0. The van der Waals surface area contributed by atoms with Crippen molar-refractivity contribution in [1.29, 1.82) is 0 Å². The Morgan fingerprint density at radius 2 is 1.77 bits per heavy atom. The Kier molecular flexibility index (Phi) is 7.20. The van der Waals surface area contributed by atoms with Crippen LogP contribution >= 0.6 is 0 Å². The number of phenols is 3. The van der Waals surface area contributed by atoms with Crippen LogP contribution < -0.4 is 0 Å². The topological polar surface area (TPSA) is 113 Å². The van der Waals surface area contributed by atoms with E-state index in [1.165, 1.54) is 6.92 Å². The van der Waals surface area contributed by atoms with Crippen molar-refractivity contribution < 1.29 is 34.4 Å². The van der Waals surface area contributed by atoms with Crippen molar-refractivity contribution in [1.82, 2.24) is 0 Å². The summed E-state index contributed by atoms with van der Waals surface area (Å²) in [7, 11) is 0. The smallest absolute Gasteiger partial charge is 0.333 e. The maximum atomic E-state index is 12.3. The summed E-state index contributed by atoms with van der Waals surface area (Å²) in [6, 6.07) is 2.12. The summed E-state index contributed by atoms with van der Waals surface area (Å²) in [6.45, 7) is 10.5. The van der Waals surface area contributed by atoms with E-state index in [4.69, 9.17) is 9.47 Å². The molecule has 7 heteroatoms. The Bertz CT molecular complexity index is 672. The normalized spacial score (nSPS) is 14.3. The van der Waals surface area contributed by atoms with Crippen LogP contribution in [0.25, 0.3) is 0 Å². The first-order valence-corrected chi connectivity index (χ1v) is 8.30. The van der Waals surface area contributed by atoms with Crippen molar-refractivity contribution in [2.45, 2.75) is 52.2 Å². The Morgan fingerprint density at radius 1 is 1.23 bits per heavy atom. The quantitative estimate of drug-likeness (QED) is 0.266. The molecule has 0 amide bonds. The maximum absolute atomic E-state index is 12.3. The van der Waals surface area contributed by atoms with Crippen molar-refractivity contribution in [3.8, 4) is 17.2 Å². The lowest BCUT2D eigenvalue weighted by molar-refractivity contribution is -0.155. The molecule has 0 aliphatic carbocycles. The van der Waals surface area contributed by atoms with E-state index in [-0.39, 0.29) is 12.2 Å². The molecule has 1 aromatic carbocycles. The highest BCUT2D eigenvalue weighted by Gasteiger charge is 2.28. The largest absolute Gasteiger partial charge is 0.504 e. The molecular weight excluding hydrogens is 340 g/mol. The molecule has 0 aliphatic heterocycles. The number of Topliss-reactive ketones (excluding diaryl/α,β-unsaturated/α-hetero) is 1. The van der Waals surface area contributed by atoms with E-state index < -0.39 is 40.7 Å². The zero-order chi connectivity index (χ0) is 20.1. The second-order valence-corrected chi connectivity index (χ2v) is 6.46. The van der Waals surface area contributed by atoms with Gasteiger partial charge in [0.25, 0.3) is 0 Å². The number of aromatic hydroxyl groups is 3. The van der Waals surface area contributed by atoms with E-state index in [9.17, 15) is 24.9 Å². The van der Waals surface area contributed by atoms with Gasteiger partial charge in [-0.3, -0.25) is 4.79 Å². The average molecular weight is 366 g/mol. The van der Waals surface area contributed by atoms with E-state index in [0.29, 0.717) is 18.4 Å². The third-order valence-corrected chi connectivity index (χ3v) is 4.16. The standard InChI is InChI=1S/C19H26O7/c1-6-19(5,26-18(24)11(2)3)7-8-25-12(4)16(22)13-9-14(20)17(23)15(21)10-13/h9-10,12,20-21,23H,2,6-8H2,1,3-5H3. The third kappa shape index (κ3) is 5.49. The molecule has 2 unspecified atom stereocenters. The molecule has 3 N–H and O–H groups in total.